The molecule has 1 aliphatic rings. The first-order chi connectivity index (χ1) is 26.4. The van der Waals surface area contributed by atoms with Crippen LogP contribution in [0.1, 0.15) is 155 Å². The number of hydrogen-bond acceptors (Lipinski definition) is 12. The van der Waals surface area contributed by atoms with E-state index in [1.165, 1.54) is 32.1 Å². The summed E-state index contributed by atoms with van der Waals surface area (Å²) in [6.07, 6.45) is 20.7. The Balaban J connectivity index is 2.53. The van der Waals surface area contributed by atoms with E-state index in [4.69, 9.17) is 18.5 Å². The molecule has 0 saturated heterocycles. The van der Waals surface area contributed by atoms with Crippen LogP contribution in [0, 0.1) is 0 Å². The number of allylic oxidation sites excluding steroid dienone is 6. The van der Waals surface area contributed by atoms with E-state index in [0.29, 0.717) is 12.8 Å². The zero-order valence-corrected chi connectivity index (χ0v) is 34.4. The van der Waals surface area contributed by atoms with Crippen LogP contribution in [-0.2, 0) is 32.7 Å². The van der Waals surface area contributed by atoms with Crippen LogP contribution >= 0.6 is 7.82 Å². The Morgan fingerprint density at radius 2 is 1.00 bits per heavy atom. The quantitative estimate of drug-likeness (QED) is 0.0170. The van der Waals surface area contributed by atoms with Crippen molar-refractivity contribution < 1.29 is 63.1 Å². The highest BCUT2D eigenvalue weighted by molar-refractivity contribution is 7.47. The molecule has 13 nitrogen and oxygen atoms in total. The van der Waals surface area contributed by atoms with Crippen molar-refractivity contribution in [2.75, 3.05) is 13.2 Å². The van der Waals surface area contributed by atoms with Gasteiger partial charge in [-0.25, -0.2) is 4.57 Å². The van der Waals surface area contributed by atoms with Crippen LogP contribution in [0.4, 0.5) is 0 Å². The summed E-state index contributed by atoms with van der Waals surface area (Å²) in [4.78, 5) is 35.5. The fourth-order valence-electron chi connectivity index (χ4n) is 6.00. The molecule has 0 aromatic heterocycles. The summed E-state index contributed by atoms with van der Waals surface area (Å²) in [5, 5.41) is 50.0. The summed E-state index contributed by atoms with van der Waals surface area (Å²) >= 11 is 0. The van der Waals surface area contributed by atoms with Crippen LogP contribution < -0.4 is 0 Å². The Labute approximate surface area is 329 Å². The lowest BCUT2D eigenvalue weighted by Gasteiger charge is -2.41. The second-order valence-electron chi connectivity index (χ2n) is 14.5. The van der Waals surface area contributed by atoms with E-state index in [1.807, 2.05) is 0 Å². The minimum atomic E-state index is -5.12. The summed E-state index contributed by atoms with van der Waals surface area (Å²) in [5.74, 6) is -1.13. The molecule has 0 aliphatic heterocycles. The van der Waals surface area contributed by atoms with Crippen LogP contribution in [0.3, 0.4) is 0 Å². The van der Waals surface area contributed by atoms with Crippen molar-refractivity contribution in [2.45, 2.75) is 198 Å². The molecule has 8 atom stereocenters. The molecule has 6 unspecified atom stereocenters. The van der Waals surface area contributed by atoms with Crippen LogP contribution in [0.25, 0.3) is 0 Å². The zero-order chi connectivity index (χ0) is 40.7. The van der Waals surface area contributed by atoms with Crippen molar-refractivity contribution >= 4 is 19.8 Å². The highest BCUT2D eigenvalue weighted by Crippen LogP contribution is 2.47. The van der Waals surface area contributed by atoms with Crippen LogP contribution in [0.5, 0.6) is 0 Å². The molecule has 0 bridgehead atoms. The fourth-order valence-corrected chi connectivity index (χ4v) is 6.97. The van der Waals surface area contributed by atoms with E-state index in [9.17, 15) is 44.6 Å². The molecular weight excluding hydrogens is 731 g/mol. The predicted octanol–water partition coefficient (Wildman–Crippen LogP) is 7.05. The lowest BCUT2D eigenvalue weighted by atomic mass is 9.85. The van der Waals surface area contributed by atoms with Gasteiger partial charge in [-0.15, -0.1) is 0 Å². The average molecular weight is 805 g/mol. The number of carbonyl (C=O) groups is 2. The smallest absolute Gasteiger partial charge is 0.462 e. The van der Waals surface area contributed by atoms with Gasteiger partial charge in [0, 0.05) is 12.8 Å². The molecular formula is C41H73O13P. The lowest BCUT2D eigenvalue weighted by molar-refractivity contribution is -0.220. The Morgan fingerprint density at radius 1 is 0.564 bits per heavy atom. The Kier molecular flexibility index (Phi) is 29.8. The third kappa shape index (κ3) is 25.1. The lowest BCUT2D eigenvalue weighted by Crippen LogP contribution is -2.64. The van der Waals surface area contributed by atoms with Gasteiger partial charge in [-0.1, -0.05) is 115 Å². The summed E-state index contributed by atoms with van der Waals surface area (Å²) in [6.45, 7) is 3.18. The molecule has 6 N–H and O–H groups in total. The highest BCUT2D eigenvalue weighted by Gasteiger charge is 2.51. The van der Waals surface area contributed by atoms with Gasteiger partial charge >= 0.3 is 19.8 Å². The minimum Gasteiger partial charge on any atom is -0.462 e. The summed E-state index contributed by atoms with van der Waals surface area (Å²) < 4.78 is 33.4. The molecule has 0 aromatic rings. The first-order valence-electron chi connectivity index (χ1n) is 20.8. The Hall–Kier alpha value is -1.93. The van der Waals surface area contributed by atoms with Gasteiger partial charge in [0.25, 0.3) is 0 Å². The maximum Gasteiger partial charge on any atom is 0.472 e. The maximum absolute atomic E-state index is 12.8. The van der Waals surface area contributed by atoms with Crippen molar-refractivity contribution in [1.82, 2.24) is 0 Å². The molecule has 0 aromatic carbocycles. The van der Waals surface area contributed by atoms with Gasteiger partial charge in [-0.3, -0.25) is 18.6 Å². The molecule has 1 rings (SSSR count). The van der Waals surface area contributed by atoms with Crippen LogP contribution in [0.2, 0.25) is 0 Å². The predicted molar refractivity (Wildman–Crippen MR) is 212 cm³/mol. The van der Waals surface area contributed by atoms with Gasteiger partial charge in [0.15, 0.2) is 6.10 Å². The number of unbranched alkanes of at least 4 members (excludes halogenated alkanes) is 15. The highest BCUT2D eigenvalue weighted by atomic mass is 31.2. The molecule has 14 heteroatoms. The van der Waals surface area contributed by atoms with Crippen molar-refractivity contribution in [3.05, 3.63) is 36.5 Å². The van der Waals surface area contributed by atoms with Gasteiger partial charge in [0.1, 0.15) is 43.2 Å². The second kappa shape index (κ2) is 32.1. The Morgan fingerprint density at radius 3 is 1.55 bits per heavy atom. The van der Waals surface area contributed by atoms with Crippen molar-refractivity contribution in [1.29, 1.82) is 0 Å². The topological polar surface area (TPSA) is 210 Å². The SMILES string of the molecule is CCCC/C=C\C/C=C\CCCCCCCC(=O)O[C@H](COC(=O)CCCCCCC/C=C\CCCCC)COP(=O)(O)OC1C(O)C(O)C(O)[C@@H](O)C1O. The van der Waals surface area contributed by atoms with Gasteiger partial charge in [-0.2, -0.15) is 0 Å². The molecule has 1 saturated carbocycles. The van der Waals surface area contributed by atoms with Gasteiger partial charge in [-0.05, 0) is 64.2 Å². The number of ether oxygens (including phenoxy) is 2. The largest absolute Gasteiger partial charge is 0.472 e. The molecule has 320 valence electrons. The van der Waals surface area contributed by atoms with Gasteiger partial charge in [0.05, 0.1) is 6.61 Å². The molecule has 55 heavy (non-hydrogen) atoms. The molecule has 0 heterocycles. The summed E-state index contributed by atoms with van der Waals surface area (Å²) in [6, 6.07) is 0. The first kappa shape index (κ1) is 51.1. The molecule has 0 amide bonds. The zero-order valence-electron chi connectivity index (χ0n) is 33.5. The van der Waals surface area contributed by atoms with E-state index in [0.717, 1.165) is 83.5 Å². The fraction of sp³-hybridized carbons (Fsp3) is 0.805. The molecule has 0 radical (unpaired) electrons. The van der Waals surface area contributed by atoms with E-state index in [1.54, 1.807) is 0 Å². The minimum absolute atomic E-state index is 0.0786. The average Bonchev–Trinajstić information content (AvgIpc) is 3.16. The van der Waals surface area contributed by atoms with E-state index in [-0.39, 0.29) is 12.8 Å². The van der Waals surface area contributed by atoms with Crippen LogP contribution in [0.15, 0.2) is 36.5 Å². The van der Waals surface area contributed by atoms with Gasteiger partial charge < -0.3 is 39.9 Å². The summed E-state index contributed by atoms with van der Waals surface area (Å²) in [7, 11) is -5.12. The summed E-state index contributed by atoms with van der Waals surface area (Å²) in [5.41, 5.74) is 0. The standard InChI is InChI=1S/C41H73O13P/c1-3-5-7-9-11-13-15-17-18-20-22-24-26-28-30-35(43)53-33(31-51-34(42)29-27-25-23-21-19-16-14-12-10-8-6-4-2)32-52-55(49,50)54-41-39(47)37(45)36(44)38(46)40(41)48/h9,11-12,14-15,17,33,36-41,44-48H,3-8,10,13,16,18-32H2,1-2H3,(H,49,50)/b11-9-,14-12-,17-15-/t33-,36?,37-,38?,39?,40?,41?/m1/s1. The molecule has 1 fully saturated rings. The maximum atomic E-state index is 12.8. The van der Waals surface area contributed by atoms with Crippen molar-refractivity contribution in [2.24, 2.45) is 0 Å². The van der Waals surface area contributed by atoms with Crippen molar-refractivity contribution in [3.63, 3.8) is 0 Å². The number of rotatable bonds is 33. The number of aliphatic hydroxyl groups is 5. The normalized spacial score (nSPS) is 23.4. The number of phosphoric acid groups is 1. The monoisotopic (exact) mass is 804 g/mol. The van der Waals surface area contributed by atoms with E-state index >= 15 is 0 Å². The van der Waals surface area contributed by atoms with Crippen LogP contribution in [-0.4, -0.2) is 98.3 Å². The van der Waals surface area contributed by atoms with Gasteiger partial charge in [0.2, 0.25) is 0 Å². The number of esters is 2. The Bertz CT molecular complexity index is 1110. The van der Waals surface area contributed by atoms with E-state index in [2.05, 4.69) is 50.3 Å². The molecule has 0 spiro atoms. The third-order valence-electron chi connectivity index (χ3n) is 9.45. The van der Waals surface area contributed by atoms with E-state index < -0.39 is 75.7 Å². The number of carbonyl (C=O) groups excluding carboxylic acids is 2. The third-order valence-corrected chi connectivity index (χ3v) is 10.4. The second-order valence-corrected chi connectivity index (χ2v) is 15.9. The number of phosphoric ester groups is 1. The molecule has 1 aliphatic carbocycles. The number of aliphatic hydroxyl groups excluding tert-OH is 5. The van der Waals surface area contributed by atoms with Crippen molar-refractivity contribution in [3.8, 4) is 0 Å². The number of hydrogen-bond donors (Lipinski definition) is 6. The first-order valence-corrected chi connectivity index (χ1v) is 22.3.